The van der Waals surface area contributed by atoms with Crippen LogP contribution in [0.2, 0.25) is 0 Å². The van der Waals surface area contributed by atoms with Crippen molar-refractivity contribution in [3.8, 4) is 5.75 Å². The van der Waals surface area contributed by atoms with E-state index >= 15 is 0 Å². The monoisotopic (exact) mass is 289 g/mol. The largest absolute Gasteiger partial charge is 0.497 e. The molecule has 0 radical (unpaired) electrons. The van der Waals surface area contributed by atoms with Gasteiger partial charge in [0.15, 0.2) is 0 Å². The van der Waals surface area contributed by atoms with Gasteiger partial charge in [-0.3, -0.25) is 0 Å². The van der Waals surface area contributed by atoms with Gasteiger partial charge in [-0.1, -0.05) is 36.4 Å². The maximum atomic E-state index is 14.2. The number of rotatable bonds is 6. The Hall–Kier alpha value is -1.91. The zero-order valence-electron chi connectivity index (χ0n) is 12.3. The highest BCUT2D eigenvalue weighted by Crippen LogP contribution is 2.32. The predicted octanol–water partition coefficient (Wildman–Crippen LogP) is 3.61. The van der Waals surface area contributed by atoms with E-state index in [4.69, 9.17) is 15.2 Å². The first-order valence-corrected chi connectivity index (χ1v) is 6.93. The van der Waals surface area contributed by atoms with Crippen molar-refractivity contribution in [2.75, 3.05) is 13.7 Å². The molecule has 4 heteroatoms. The predicted molar refractivity (Wildman–Crippen MR) is 80.7 cm³/mol. The van der Waals surface area contributed by atoms with Gasteiger partial charge in [-0.25, -0.2) is 4.39 Å². The summed E-state index contributed by atoms with van der Waals surface area (Å²) in [4.78, 5) is 0. The Bertz CT molecular complexity index is 574. The molecule has 0 fully saturated rings. The van der Waals surface area contributed by atoms with Gasteiger partial charge in [0, 0.05) is 18.2 Å². The average molecular weight is 289 g/mol. The second-order valence-corrected chi connectivity index (χ2v) is 4.70. The molecule has 0 aliphatic carbocycles. The zero-order chi connectivity index (χ0) is 15.2. The van der Waals surface area contributed by atoms with E-state index < -0.39 is 6.04 Å². The van der Waals surface area contributed by atoms with Crippen LogP contribution >= 0.6 is 0 Å². The SMILES string of the molecule is CCOC(c1ccccc1)C(N)c1ccc(OC)cc1F. The van der Waals surface area contributed by atoms with Crippen LogP contribution in [0.1, 0.15) is 30.2 Å². The average Bonchev–Trinajstić information content (AvgIpc) is 2.52. The third-order valence-corrected chi connectivity index (χ3v) is 3.37. The summed E-state index contributed by atoms with van der Waals surface area (Å²) in [7, 11) is 1.50. The molecule has 0 aliphatic heterocycles. The molecule has 3 nitrogen and oxygen atoms in total. The highest BCUT2D eigenvalue weighted by Gasteiger charge is 2.24. The van der Waals surface area contributed by atoms with Gasteiger partial charge >= 0.3 is 0 Å². The van der Waals surface area contributed by atoms with Crippen molar-refractivity contribution in [2.45, 2.75) is 19.1 Å². The first kappa shape index (κ1) is 15.5. The highest BCUT2D eigenvalue weighted by atomic mass is 19.1. The minimum absolute atomic E-state index is 0.387. The molecule has 2 rings (SSSR count). The van der Waals surface area contributed by atoms with Crippen molar-refractivity contribution in [3.05, 3.63) is 65.5 Å². The van der Waals surface area contributed by atoms with Crippen LogP contribution in [-0.4, -0.2) is 13.7 Å². The number of ether oxygens (including phenoxy) is 2. The molecule has 2 N–H and O–H groups in total. The lowest BCUT2D eigenvalue weighted by Gasteiger charge is -2.25. The summed E-state index contributed by atoms with van der Waals surface area (Å²) in [5.41, 5.74) is 7.59. The molecule has 0 bridgehead atoms. The fourth-order valence-electron chi connectivity index (χ4n) is 2.30. The summed E-state index contributed by atoms with van der Waals surface area (Å²) in [6.45, 7) is 2.40. The first-order chi connectivity index (χ1) is 10.2. The van der Waals surface area contributed by atoms with Gasteiger partial charge in [-0.05, 0) is 18.6 Å². The van der Waals surface area contributed by atoms with Gasteiger partial charge in [-0.2, -0.15) is 0 Å². The van der Waals surface area contributed by atoms with Gasteiger partial charge in [0.25, 0.3) is 0 Å². The Morgan fingerprint density at radius 2 is 1.86 bits per heavy atom. The smallest absolute Gasteiger partial charge is 0.131 e. The van der Waals surface area contributed by atoms with E-state index in [1.165, 1.54) is 13.2 Å². The molecule has 2 aromatic carbocycles. The summed E-state index contributed by atoms with van der Waals surface area (Å²) in [5, 5.41) is 0. The Kier molecular flexibility index (Phi) is 5.31. The lowest BCUT2D eigenvalue weighted by Crippen LogP contribution is -2.23. The first-order valence-electron chi connectivity index (χ1n) is 6.93. The molecule has 0 saturated carbocycles. The molecule has 2 unspecified atom stereocenters. The maximum Gasteiger partial charge on any atom is 0.131 e. The summed E-state index contributed by atoms with van der Waals surface area (Å²) < 4.78 is 24.9. The fourth-order valence-corrected chi connectivity index (χ4v) is 2.30. The molecule has 0 aromatic heterocycles. The standard InChI is InChI=1S/C17H20FNO2/c1-3-21-17(12-7-5-4-6-8-12)16(19)14-10-9-13(20-2)11-15(14)18/h4-11,16-17H,3,19H2,1-2H3. The van der Waals surface area contributed by atoms with Crippen LogP contribution in [0.5, 0.6) is 5.75 Å². The normalized spacial score (nSPS) is 13.7. The lowest BCUT2D eigenvalue weighted by atomic mass is 9.96. The summed E-state index contributed by atoms with van der Waals surface area (Å²) >= 11 is 0. The molecule has 0 amide bonds. The zero-order valence-corrected chi connectivity index (χ0v) is 12.3. The van der Waals surface area contributed by atoms with E-state index in [1.807, 2.05) is 37.3 Å². The third kappa shape index (κ3) is 3.60. The maximum absolute atomic E-state index is 14.2. The molecule has 0 saturated heterocycles. The van der Waals surface area contributed by atoms with E-state index in [1.54, 1.807) is 12.1 Å². The van der Waals surface area contributed by atoms with Crippen LogP contribution in [-0.2, 0) is 4.74 Å². The summed E-state index contributed by atoms with van der Waals surface area (Å²) in [6, 6.07) is 13.7. The minimum Gasteiger partial charge on any atom is -0.497 e. The van der Waals surface area contributed by atoms with Crippen molar-refractivity contribution in [1.29, 1.82) is 0 Å². The van der Waals surface area contributed by atoms with E-state index in [2.05, 4.69) is 0 Å². The van der Waals surface area contributed by atoms with Crippen molar-refractivity contribution >= 4 is 0 Å². The van der Waals surface area contributed by atoms with Gasteiger partial charge < -0.3 is 15.2 Å². The molecule has 0 heterocycles. The Balaban J connectivity index is 2.32. The summed E-state index contributed by atoms with van der Waals surface area (Å²) in [5.74, 6) is 0.0820. The second-order valence-electron chi connectivity index (χ2n) is 4.70. The Labute approximate surface area is 124 Å². The van der Waals surface area contributed by atoms with Crippen molar-refractivity contribution in [1.82, 2.24) is 0 Å². The Morgan fingerprint density at radius 1 is 1.14 bits per heavy atom. The van der Waals surface area contributed by atoms with Gasteiger partial charge in [0.2, 0.25) is 0 Å². The molecule has 2 aromatic rings. The van der Waals surface area contributed by atoms with Crippen molar-refractivity contribution < 1.29 is 13.9 Å². The van der Waals surface area contributed by atoms with Gasteiger partial charge in [0.1, 0.15) is 17.7 Å². The van der Waals surface area contributed by atoms with Gasteiger partial charge in [0.05, 0.1) is 13.2 Å². The molecule has 21 heavy (non-hydrogen) atoms. The lowest BCUT2D eigenvalue weighted by molar-refractivity contribution is 0.0421. The quantitative estimate of drug-likeness (QED) is 0.883. The number of benzene rings is 2. The minimum atomic E-state index is -0.585. The number of nitrogens with two attached hydrogens (primary N) is 1. The highest BCUT2D eigenvalue weighted by molar-refractivity contribution is 5.33. The van der Waals surface area contributed by atoms with Crippen LogP contribution in [0, 0.1) is 5.82 Å². The van der Waals surface area contributed by atoms with E-state index in [9.17, 15) is 4.39 Å². The van der Waals surface area contributed by atoms with Crippen LogP contribution in [0.25, 0.3) is 0 Å². The molecular formula is C17H20FNO2. The molecule has 112 valence electrons. The molecular weight excluding hydrogens is 269 g/mol. The fraction of sp³-hybridized carbons (Fsp3) is 0.294. The Morgan fingerprint density at radius 3 is 2.43 bits per heavy atom. The third-order valence-electron chi connectivity index (χ3n) is 3.37. The number of hydrogen-bond acceptors (Lipinski definition) is 3. The van der Waals surface area contributed by atoms with E-state index in [0.717, 1.165) is 5.56 Å². The van der Waals surface area contributed by atoms with E-state index in [0.29, 0.717) is 17.9 Å². The van der Waals surface area contributed by atoms with Crippen molar-refractivity contribution in [3.63, 3.8) is 0 Å². The topological polar surface area (TPSA) is 44.5 Å². The molecule has 0 spiro atoms. The number of hydrogen-bond donors (Lipinski definition) is 1. The van der Waals surface area contributed by atoms with Gasteiger partial charge in [-0.15, -0.1) is 0 Å². The second kappa shape index (κ2) is 7.20. The van der Waals surface area contributed by atoms with Crippen LogP contribution in [0.15, 0.2) is 48.5 Å². The van der Waals surface area contributed by atoms with Crippen LogP contribution in [0.4, 0.5) is 4.39 Å². The van der Waals surface area contributed by atoms with Crippen LogP contribution in [0.3, 0.4) is 0 Å². The molecule has 2 atom stereocenters. The number of methoxy groups -OCH3 is 1. The number of halogens is 1. The van der Waals surface area contributed by atoms with E-state index in [-0.39, 0.29) is 11.9 Å². The summed E-state index contributed by atoms with van der Waals surface area (Å²) in [6.07, 6.45) is -0.390. The molecule has 0 aliphatic rings. The van der Waals surface area contributed by atoms with Crippen molar-refractivity contribution in [2.24, 2.45) is 5.73 Å². The van der Waals surface area contributed by atoms with Crippen LogP contribution < -0.4 is 10.5 Å².